The van der Waals surface area contributed by atoms with Crippen molar-refractivity contribution < 1.29 is 44.2 Å². The summed E-state index contributed by atoms with van der Waals surface area (Å²) in [5.74, 6) is -15.7. The number of nitrogens with zero attached hydrogens (tertiary/aromatic N) is 1. The van der Waals surface area contributed by atoms with Gasteiger partial charge in [-0.1, -0.05) is 18.2 Å². The van der Waals surface area contributed by atoms with Gasteiger partial charge in [-0.15, -0.1) is 9.35 Å². The van der Waals surface area contributed by atoms with Crippen molar-refractivity contribution in [2.45, 2.75) is 11.8 Å². The zero-order chi connectivity index (χ0) is 22.8. The number of imide groups is 1. The summed E-state index contributed by atoms with van der Waals surface area (Å²) in [7, 11) is -5.84. The lowest BCUT2D eigenvalue weighted by Crippen LogP contribution is -2.42. The number of amides is 2. The van der Waals surface area contributed by atoms with E-state index >= 15 is 0 Å². The Morgan fingerprint density at radius 1 is 0.806 bits per heavy atom. The molecule has 2 amide bonds. The van der Waals surface area contributed by atoms with Crippen LogP contribution in [0.5, 0.6) is 0 Å². The summed E-state index contributed by atoms with van der Waals surface area (Å²) in [6.45, 7) is 1.61. The molecule has 3 aromatic carbocycles. The van der Waals surface area contributed by atoms with Gasteiger partial charge in [0.2, 0.25) is 5.82 Å². The topological polar surface area (TPSA) is 80.8 Å². The van der Waals surface area contributed by atoms with Gasteiger partial charge >= 0.3 is 10.1 Å². The lowest BCUT2D eigenvalue weighted by molar-refractivity contribution is -0.0159. The molecular formula is C19H8F5NO5S. The molecule has 0 radical (unpaired) electrons. The molecule has 0 atom stereocenters. The van der Waals surface area contributed by atoms with Crippen molar-refractivity contribution in [3.8, 4) is 0 Å². The second kappa shape index (κ2) is 6.82. The summed E-state index contributed by atoms with van der Waals surface area (Å²) < 4.78 is 97.0. The monoisotopic (exact) mass is 457 g/mol. The number of benzene rings is 3. The fourth-order valence-corrected chi connectivity index (χ4v) is 4.27. The van der Waals surface area contributed by atoms with E-state index in [9.17, 15) is 40.0 Å². The van der Waals surface area contributed by atoms with Crippen LogP contribution in [0.3, 0.4) is 0 Å². The first kappa shape index (κ1) is 20.9. The van der Waals surface area contributed by atoms with E-state index in [0.29, 0.717) is 10.9 Å². The summed E-state index contributed by atoms with van der Waals surface area (Å²) >= 11 is 0. The second-order valence-electron chi connectivity index (χ2n) is 6.55. The zero-order valence-electron chi connectivity index (χ0n) is 15.2. The molecule has 31 heavy (non-hydrogen) atoms. The molecule has 0 aliphatic carbocycles. The van der Waals surface area contributed by atoms with Gasteiger partial charge in [-0.05, 0) is 30.0 Å². The molecule has 1 aliphatic heterocycles. The van der Waals surface area contributed by atoms with Crippen LogP contribution in [-0.2, 0) is 14.4 Å². The molecule has 0 saturated heterocycles. The summed E-state index contributed by atoms with van der Waals surface area (Å²) in [5, 5.41) is 0.372. The Morgan fingerprint density at radius 2 is 1.35 bits per heavy atom. The quantitative estimate of drug-likeness (QED) is 0.259. The van der Waals surface area contributed by atoms with Crippen LogP contribution in [0.1, 0.15) is 26.3 Å². The number of hydroxylamine groups is 2. The minimum absolute atomic E-state index is 0.155. The van der Waals surface area contributed by atoms with E-state index in [2.05, 4.69) is 4.28 Å². The maximum atomic E-state index is 14.0. The summed E-state index contributed by atoms with van der Waals surface area (Å²) in [5.41, 5.74) is 0.238. The van der Waals surface area contributed by atoms with E-state index in [1.54, 1.807) is 19.1 Å². The Balaban J connectivity index is 1.86. The third-order valence-corrected chi connectivity index (χ3v) is 5.75. The average molecular weight is 457 g/mol. The van der Waals surface area contributed by atoms with Crippen LogP contribution >= 0.6 is 0 Å². The first-order valence-corrected chi connectivity index (χ1v) is 9.74. The Labute approximate surface area is 170 Å². The van der Waals surface area contributed by atoms with E-state index in [1.165, 1.54) is 18.2 Å². The Hall–Kier alpha value is -3.38. The maximum absolute atomic E-state index is 14.0. The third-order valence-electron chi connectivity index (χ3n) is 4.54. The van der Waals surface area contributed by atoms with Crippen LogP contribution in [0.2, 0.25) is 0 Å². The Kier molecular flexibility index (Phi) is 4.59. The molecule has 0 unspecified atom stereocenters. The predicted molar refractivity (Wildman–Crippen MR) is 93.7 cm³/mol. The molecule has 0 spiro atoms. The van der Waals surface area contributed by atoms with E-state index in [0.717, 1.165) is 0 Å². The minimum atomic E-state index is -5.84. The fraction of sp³-hybridized carbons (Fsp3) is 0.0526. The zero-order valence-corrected chi connectivity index (χ0v) is 16.0. The van der Waals surface area contributed by atoms with Gasteiger partial charge in [0.05, 0.1) is 11.1 Å². The smallest absolute Gasteiger partial charge is 0.266 e. The van der Waals surface area contributed by atoms with Crippen molar-refractivity contribution in [3.05, 3.63) is 76.1 Å². The molecule has 1 aliphatic rings. The lowest BCUT2D eigenvalue weighted by atomic mass is 9.93. The van der Waals surface area contributed by atoms with Crippen molar-refractivity contribution >= 4 is 32.7 Å². The number of carbonyl (C=O) groups is 2. The van der Waals surface area contributed by atoms with Gasteiger partial charge in [-0.25, -0.2) is 22.0 Å². The van der Waals surface area contributed by atoms with E-state index in [1.807, 2.05) is 0 Å². The minimum Gasteiger partial charge on any atom is -0.266 e. The lowest BCUT2D eigenvalue weighted by Gasteiger charge is -2.25. The van der Waals surface area contributed by atoms with Crippen molar-refractivity contribution in [2.24, 2.45) is 0 Å². The van der Waals surface area contributed by atoms with Gasteiger partial charge in [0, 0.05) is 5.39 Å². The molecular weight excluding hydrogens is 449 g/mol. The van der Waals surface area contributed by atoms with Gasteiger partial charge in [0.25, 0.3) is 11.8 Å². The van der Waals surface area contributed by atoms with Gasteiger partial charge in [0.15, 0.2) is 28.2 Å². The maximum Gasteiger partial charge on any atom is 0.324 e. The molecule has 0 fully saturated rings. The molecule has 6 nitrogen and oxygen atoms in total. The molecule has 160 valence electrons. The molecule has 1 heterocycles. The predicted octanol–water partition coefficient (Wildman–Crippen LogP) is 3.76. The summed E-state index contributed by atoms with van der Waals surface area (Å²) in [4.78, 5) is 23.1. The number of carbonyl (C=O) groups excluding carboxylic acids is 2. The van der Waals surface area contributed by atoms with Gasteiger partial charge in [-0.2, -0.15) is 8.42 Å². The average Bonchev–Trinajstić information content (AvgIpc) is 2.71. The summed E-state index contributed by atoms with van der Waals surface area (Å²) in [6.07, 6.45) is 0. The SMILES string of the molecule is Cc1cc2c3c(cccc3c1)C(=O)N(OS(=O)(=O)c1c(F)c(F)c(F)c(F)c1F)C2=O. The fourth-order valence-electron chi connectivity index (χ4n) is 3.24. The number of rotatable bonds is 3. The highest BCUT2D eigenvalue weighted by molar-refractivity contribution is 7.86. The van der Waals surface area contributed by atoms with Crippen LogP contribution in [-0.4, -0.2) is 25.3 Å². The van der Waals surface area contributed by atoms with Crippen LogP contribution in [0.15, 0.2) is 35.2 Å². The Bertz CT molecular complexity index is 1410. The van der Waals surface area contributed by atoms with E-state index in [4.69, 9.17) is 0 Å². The van der Waals surface area contributed by atoms with Crippen LogP contribution in [0.4, 0.5) is 22.0 Å². The van der Waals surface area contributed by atoms with Crippen molar-refractivity contribution in [3.63, 3.8) is 0 Å². The normalized spacial score (nSPS) is 13.9. The standard InChI is InChI=1S/C19H8F5NO5S/c1-7-5-8-3-2-4-9-11(8)10(6-7)19(27)25(18(9)26)30-31(28,29)17-15(23)13(21)12(20)14(22)16(17)24/h2-6H,1H3. The largest absolute Gasteiger partial charge is 0.324 e. The van der Waals surface area contributed by atoms with Crippen molar-refractivity contribution in [1.82, 2.24) is 5.06 Å². The van der Waals surface area contributed by atoms with Gasteiger partial charge in [-0.3, -0.25) is 9.59 Å². The third kappa shape index (κ3) is 2.98. The second-order valence-corrected chi connectivity index (χ2v) is 8.01. The Morgan fingerprint density at radius 3 is 1.97 bits per heavy atom. The molecule has 0 aromatic heterocycles. The van der Waals surface area contributed by atoms with Crippen LogP contribution in [0.25, 0.3) is 10.8 Å². The van der Waals surface area contributed by atoms with Crippen molar-refractivity contribution in [2.75, 3.05) is 0 Å². The molecule has 0 bridgehead atoms. The first-order chi connectivity index (χ1) is 14.5. The van der Waals surface area contributed by atoms with Gasteiger partial charge < -0.3 is 0 Å². The van der Waals surface area contributed by atoms with Crippen LogP contribution in [0, 0.1) is 36.0 Å². The van der Waals surface area contributed by atoms with E-state index in [-0.39, 0.29) is 21.6 Å². The number of aryl methyl sites for hydroxylation is 1. The highest BCUT2D eigenvalue weighted by Crippen LogP contribution is 2.34. The number of hydrogen-bond donors (Lipinski definition) is 0. The molecule has 0 N–H and O–H groups in total. The van der Waals surface area contributed by atoms with Gasteiger partial charge in [0.1, 0.15) is 0 Å². The molecule has 12 heteroatoms. The molecule has 3 aromatic rings. The van der Waals surface area contributed by atoms with E-state index < -0.39 is 55.9 Å². The number of hydrogen-bond acceptors (Lipinski definition) is 5. The molecule has 4 rings (SSSR count). The summed E-state index contributed by atoms with van der Waals surface area (Å²) in [6, 6.07) is 7.26. The first-order valence-electron chi connectivity index (χ1n) is 8.34. The molecule has 0 saturated carbocycles. The van der Waals surface area contributed by atoms with Crippen molar-refractivity contribution in [1.29, 1.82) is 0 Å². The van der Waals surface area contributed by atoms with Crippen LogP contribution < -0.4 is 0 Å². The number of halogens is 5. The highest BCUT2D eigenvalue weighted by Gasteiger charge is 2.41. The highest BCUT2D eigenvalue weighted by atomic mass is 32.2.